The monoisotopic (exact) mass is 287 g/mol. The van der Waals surface area contributed by atoms with Crippen molar-refractivity contribution in [2.24, 2.45) is 0 Å². The highest BCUT2D eigenvalue weighted by atomic mass is 16.5. The quantitative estimate of drug-likeness (QED) is 0.919. The van der Waals surface area contributed by atoms with Crippen LogP contribution in [0.15, 0.2) is 29.1 Å². The zero-order valence-corrected chi connectivity index (χ0v) is 12.5. The summed E-state index contributed by atoms with van der Waals surface area (Å²) < 4.78 is 9.11. The number of ether oxygens (including phenoxy) is 1. The van der Waals surface area contributed by atoms with Crippen molar-refractivity contribution in [2.75, 3.05) is 12.8 Å². The zero-order valence-electron chi connectivity index (χ0n) is 12.5. The van der Waals surface area contributed by atoms with Crippen molar-refractivity contribution in [1.29, 1.82) is 0 Å². The Hall–Kier alpha value is -2.17. The SMILES string of the molecule is CCCn1c(C2CC2)c(N)c(=O)n1-c1ccccc1OC. The molecule has 1 aliphatic carbocycles. The van der Waals surface area contributed by atoms with Crippen molar-refractivity contribution >= 4 is 5.69 Å². The first-order valence-electron chi connectivity index (χ1n) is 7.43. The van der Waals surface area contributed by atoms with E-state index in [1.807, 2.05) is 28.9 Å². The van der Waals surface area contributed by atoms with E-state index in [4.69, 9.17) is 10.5 Å². The lowest BCUT2D eigenvalue weighted by Crippen LogP contribution is -2.23. The Morgan fingerprint density at radius 2 is 2.05 bits per heavy atom. The van der Waals surface area contributed by atoms with Crippen molar-refractivity contribution in [2.45, 2.75) is 38.6 Å². The van der Waals surface area contributed by atoms with Crippen molar-refractivity contribution in [3.63, 3.8) is 0 Å². The Balaban J connectivity index is 2.26. The van der Waals surface area contributed by atoms with Crippen LogP contribution in [-0.4, -0.2) is 16.5 Å². The molecule has 1 aromatic heterocycles. The number of nitrogen functional groups attached to an aromatic ring is 1. The van der Waals surface area contributed by atoms with Crippen LogP contribution in [0.5, 0.6) is 5.75 Å². The Morgan fingerprint density at radius 3 is 2.67 bits per heavy atom. The molecule has 0 spiro atoms. The third-order valence-electron chi connectivity index (χ3n) is 3.93. The summed E-state index contributed by atoms with van der Waals surface area (Å²) in [5, 5.41) is 0. The third kappa shape index (κ3) is 2.22. The van der Waals surface area contributed by atoms with E-state index in [-0.39, 0.29) is 5.56 Å². The standard InChI is InChI=1S/C16H21N3O2/c1-3-10-18-15(11-8-9-11)14(17)16(20)19(18)12-6-4-5-7-13(12)21-2/h4-7,11H,3,8-10,17H2,1-2H3. The fraction of sp³-hybridized carbons (Fsp3) is 0.438. The normalized spacial score (nSPS) is 14.4. The van der Waals surface area contributed by atoms with E-state index in [1.54, 1.807) is 11.8 Å². The fourth-order valence-corrected chi connectivity index (χ4v) is 2.84. The number of hydrogen-bond donors (Lipinski definition) is 1. The number of anilines is 1. The molecule has 0 saturated heterocycles. The molecule has 0 atom stereocenters. The molecule has 1 fully saturated rings. The number of rotatable bonds is 5. The van der Waals surface area contributed by atoms with Crippen LogP contribution in [0, 0.1) is 0 Å². The summed E-state index contributed by atoms with van der Waals surface area (Å²) in [6.07, 6.45) is 3.18. The van der Waals surface area contributed by atoms with E-state index < -0.39 is 0 Å². The minimum Gasteiger partial charge on any atom is -0.494 e. The molecule has 0 aliphatic heterocycles. The molecule has 2 aromatic rings. The van der Waals surface area contributed by atoms with Crippen LogP contribution in [0.3, 0.4) is 0 Å². The lowest BCUT2D eigenvalue weighted by Gasteiger charge is -2.16. The molecule has 0 amide bonds. The lowest BCUT2D eigenvalue weighted by atomic mass is 10.2. The van der Waals surface area contributed by atoms with Crippen molar-refractivity contribution in [3.8, 4) is 11.4 Å². The van der Waals surface area contributed by atoms with E-state index in [2.05, 4.69) is 6.92 Å². The maximum atomic E-state index is 12.6. The molecular weight excluding hydrogens is 266 g/mol. The van der Waals surface area contributed by atoms with Crippen LogP contribution < -0.4 is 16.0 Å². The largest absolute Gasteiger partial charge is 0.494 e. The molecule has 1 heterocycles. The van der Waals surface area contributed by atoms with Gasteiger partial charge in [0.15, 0.2) is 0 Å². The van der Waals surface area contributed by atoms with E-state index in [9.17, 15) is 4.79 Å². The number of nitrogens with two attached hydrogens (primary N) is 1. The molecular formula is C16H21N3O2. The Morgan fingerprint density at radius 1 is 1.33 bits per heavy atom. The average Bonchev–Trinajstić information content (AvgIpc) is 3.29. The Kier molecular flexibility index (Phi) is 3.49. The van der Waals surface area contributed by atoms with Gasteiger partial charge in [0.1, 0.15) is 17.1 Å². The smallest absolute Gasteiger partial charge is 0.294 e. The summed E-state index contributed by atoms with van der Waals surface area (Å²) in [6, 6.07) is 7.55. The highest BCUT2D eigenvalue weighted by Crippen LogP contribution is 2.42. The second kappa shape index (κ2) is 5.31. The minimum absolute atomic E-state index is 0.144. The van der Waals surface area contributed by atoms with E-state index in [0.717, 1.165) is 37.2 Å². The first-order valence-corrected chi connectivity index (χ1v) is 7.43. The van der Waals surface area contributed by atoms with Gasteiger partial charge in [-0.05, 0) is 31.4 Å². The molecule has 3 rings (SSSR count). The van der Waals surface area contributed by atoms with Crippen LogP contribution in [0.1, 0.15) is 37.8 Å². The van der Waals surface area contributed by atoms with Crippen LogP contribution in [0.2, 0.25) is 0 Å². The van der Waals surface area contributed by atoms with Gasteiger partial charge in [0.25, 0.3) is 5.56 Å². The zero-order chi connectivity index (χ0) is 15.0. The van der Waals surface area contributed by atoms with E-state index in [0.29, 0.717) is 17.4 Å². The van der Waals surface area contributed by atoms with Crippen molar-refractivity contribution < 1.29 is 4.74 Å². The number of para-hydroxylation sites is 2. The van der Waals surface area contributed by atoms with Gasteiger partial charge in [-0.15, -0.1) is 0 Å². The maximum absolute atomic E-state index is 12.6. The molecule has 1 aliphatic rings. The first kappa shape index (κ1) is 13.8. The molecule has 0 bridgehead atoms. The van der Waals surface area contributed by atoms with Gasteiger partial charge in [0.05, 0.1) is 12.8 Å². The molecule has 5 nitrogen and oxygen atoms in total. The predicted octanol–water partition coefficient (Wildman–Crippen LogP) is 2.52. The summed E-state index contributed by atoms with van der Waals surface area (Å²) in [5.41, 5.74) is 8.09. The summed E-state index contributed by atoms with van der Waals surface area (Å²) in [7, 11) is 1.61. The lowest BCUT2D eigenvalue weighted by molar-refractivity contribution is 0.405. The second-order valence-corrected chi connectivity index (χ2v) is 5.49. The highest BCUT2D eigenvalue weighted by molar-refractivity contribution is 5.52. The van der Waals surface area contributed by atoms with Gasteiger partial charge in [-0.1, -0.05) is 19.1 Å². The summed E-state index contributed by atoms with van der Waals surface area (Å²) in [6.45, 7) is 2.88. The summed E-state index contributed by atoms with van der Waals surface area (Å²) in [4.78, 5) is 12.6. The molecule has 0 radical (unpaired) electrons. The molecule has 112 valence electrons. The third-order valence-corrected chi connectivity index (χ3v) is 3.93. The van der Waals surface area contributed by atoms with E-state index in [1.165, 1.54) is 0 Å². The van der Waals surface area contributed by atoms with Crippen molar-refractivity contribution in [1.82, 2.24) is 9.36 Å². The molecule has 0 unspecified atom stereocenters. The predicted molar refractivity (Wildman–Crippen MR) is 83.3 cm³/mol. The van der Waals surface area contributed by atoms with Crippen LogP contribution in [-0.2, 0) is 6.54 Å². The molecule has 1 saturated carbocycles. The molecule has 21 heavy (non-hydrogen) atoms. The van der Waals surface area contributed by atoms with Gasteiger partial charge in [0.2, 0.25) is 0 Å². The van der Waals surface area contributed by atoms with Crippen LogP contribution in [0.25, 0.3) is 5.69 Å². The number of aromatic nitrogens is 2. The van der Waals surface area contributed by atoms with Gasteiger partial charge in [0, 0.05) is 12.5 Å². The summed E-state index contributed by atoms with van der Waals surface area (Å²) in [5.74, 6) is 1.11. The van der Waals surface area contributed by atoms with Gasteiger partial charge >= 0.3 is 0 Å². The Bertz CT molecular complexity index is 711. The molecule has 2 N–H and O–H groups in total. The van der Waals surface area contributed by atoms with E-state index >= 15 is 0 Å². The highest BCUT2D eigenvalue weighted by Gasteiger charge is 2.33. The van der Waals surface area contributed by atoms with Crippen molar-refractivity contribution in [3.05, 3.63) is 40.3 Å². The fourth-order valence-electron chi connectivity index (χ4n) is 2.84. The second-order valence-electron chi connectivity index (χ2n) is 5.49. The topological polar surface area (TPSA) is 62.2 Å². The van der Waals surface area contributed by atoms with Crippen LogP contribution >= 0.6 is 0 Å². The number of nitrogens with zero attached hydrogens (tertiary/aromatic N) is 2. The number of hydrogen-bond acceptors (Lipinski definition) is 3. The minimum atomic E-state index is -0.144. The van der Waals surface area contributed by atoms with Gasteiger partial charge in [-0.25, -0.2) is 4.68 Å². The average molecular weight is 287 g/mol. The summed E-state index contributed by atoms with van der Waals surface area (Å²) >= 11 is 0. The maximum Gasteiger partial charge on any atom is 0.294 e. The first-order chi connectivity index (χ1) is 10.2. The van der Waals surface area contributed by atoms with Crippen LogP contribution in [0.4, 0.5) is 5.69 Å². The number of methoxy groups -OCH3 is 1. The van der Waals surface area contributed by atoms with Gasteiger partial charge < -0.3 is 10.5 Å². The molecule has 5 heteroatoms. The Labute approximate surface area is 123 Å². The number of benzene rings is 1. The molecule has 1 aromatic carbocycles. The van der Waals surface area contributed by atoms with Gasteiger partial charge in [-0.2, -0.15) is 0 Å². The van der Waals surface area contributed by atoms with Gasteiger partial charge in [-0.3, -0.25) is 9.48 Å².